The predicted molar refractivity (Wildman–Crippen MR) is 60.0 cm³/mol. The van der Waals surface area contributed by atoms with Crippen molar-refractivity contribution >= 4 is 5.97 Å². The maximum absolute atomic E-state index is 11.3. The zero-order chi connectivity index (χ0) is 12.1. The summed E-state index contributed by atoms with van der Waals surface area (Å²) in [5.41, 5.74) is -0.923. The highest BCUT2D eigenvalue weighted by Gasteiger charge is 2.39. The number of carboxylic acid groups (broad SMARTS) is 1. The lowest BCUT2D eigenvalue weighted by Gasteiger charge is -2.37. The van der Waals surface area contributed by atoms with Crippen molar-refractivity contribution in [3.63, 3.8) is 0 Å². The minimum Gasteiger partial charge on any atom is -0.480 e. The van der Waals surface area contributed by atoms with Crippen LogP contribution in [0.15, 0.2) is 0 Å². The normalized spacial score (nSPS) is 15.7. The Morgan fingerprint density at radius 1 is 1.53 bits per heavy atom. The SMILES string of the molecule is CCN(CC(C)C)C(C)(COC)C(=O)O. The van der Waals surface area contributed by atoms with Gasteiger partial charge in [0.1, 0.15) is 5.54 Å². The van der Waals surface area contributed by atoms with E-state index in [9.17, 15) is 9.90 Å². The molecule has 1 atom stereocenters. The van der Waals surface area contributed by atoms with Crippen molar-refractivity contribution in [2.75, 3.05) is 26.8 Å². The van der Waals surface area contributed by atoms with Crippen LogP contribution in [0.3, 0.4) is 0 Å². The Morgan fingerprint density at radius 3 is 2.33 bits per heavy atom. The first-order valence-electron chi connectivity index (χ1n) is 5.35. The molecule has 4 nitrogen and oxygen atoms in total. The zero-order valence-corrected chi connectivity index (χ0v) is 10.4. The molecule has 15 heavy (non-hydrogen) atoms. The van der Waals surface area contributed by atoms with Gasteiger partial charge in [-0.05, 0) is 19.4 Å². The molecule has 0 aliphatic heterocycles. The molecule has 90 valence electrons. The van der Waals surface area contributed by atoms with E-state index in [2.05, 4.69) is 13.8 Å². The van der Waals surface area contributed by atoms with Crippen LogP contribution in [0.1, 0.15) is 27.7 Å². The number of carbonyl (C=O) groups is 1. The van der Waals surface area contributed by atoms with E-state index in [1.165, 1.54) is 7.11 Å². The molecule has 0 aliphatic rings. The van der Waals surface area contributed by atoms with E-state index in [0.29, 0.717) is 12.5 Å². The maximum atomic E-state index is 11.3. The molecular formula is C11H23NO3. The van der Waals surface area contributed by atoms with Crippen LogP contribution in [0.2, 0.25) is 0 Å². The van der Waals surface area contributed by atoms with Crippen LogP contribution in [0.4, 0.5) is 0 Å². The largest absolute Gasteiger partial charge is 0.480 e. The average Bonchev–Trinajstić information content (AvgIpc) is 2.13. The number of rotatable bonds is 7. The molecule has 0 heterocycles. The van der Waals surface area contributed by atoms with Crippen LogP contribution in [0.5, 0.6) is 0 Å². The molecule has 0 fully saturated rings. The van der Waals surface area contributed by atoms with E-state index in [0.717, 1.165) is 6.54 Å². The van der Waals surface area contributed by atoms with Crippen molar-refractivity contribution in [2.45, 2.75) is 33.2 Å². The van der Waals surface area contributed by atoms with E-state index in [4.69, 9.17) is 4.74 Å². The highest BCUT2D eigenvalue weighted by Crippen LogP contribution is 2.17. The van der Waals surface area contributed by atoms with Crippen molar-refractivity contribution in [2.24, 2.45) is 5.92 Å². The number of nitrogens with zero attached hydrogens (tertiary/aromatic N) is 1. The molecule has 0 aliphatic carbocycles. The summed E-state index contributed by atoms with van der Waals surface area (Å²) in [6.45, 7) is 9.54. The van der Waals surface area contributed by atoms with Gasteiger partial charge in [-0.1, -0.05) is 20.8 Å². The second-order valence-electron chi connectivity index (χ2n) is 4.44. The van der Waals surface area contributed by atoms with E-state index in [-0.39, 0.29) is 6.61 Å². The van der Waals surface area contributed by atoms with Gasteiger partial charge in [-0.2, -0.15) is 0 Å². The Bertz CT molecular complexity index is 206. The van der Waals surface area contributed by atoms with E-state index < -0.39 is 11.5 Å². The monoisotopic (exact) mass is 217 g/mol. The van der Waals surface area contributed by atoms with E-state index in [1.54, 1.807) is 6.92 Å². The molecule has 0 radical (unpaired) electrons. The predicted octanol–water partition coefficient (Wildman–Crippen LogP) is 1.45. The number of ether oxygens (including phenoxy) is 1. The minimum atomic E-state index is -0.923. The van der Waals surface area contributed by atoms with Gasteiger partial charge in [-0.15, -0.1) is 0 Å². The van der Waals surface area contributed by atoms with Crippen molar-refractivity contribution in [1.82, 2.24) is 4.90 Å². The summed E-state index contributed by atoms with van der Waals surface area (Å²) in [6, 6.07) is 0. The van der Waals surface area contributed by atoms with E-state index >= 15 is 0 Å². The molecule has 0 saturated carbocycles. The second kappa shape index (κ2) is 6.08. The third-order valence-electron chi connectivity index (χ3n) is 2.55. The van der Waals surface area contributed by atoms with Crippen LogP contribution < -0.4 is 0 Å². The summed E-state index contributed by atoms with van der Waals surface area (Å²) in [4.78, 5) is 13.2. The lowest BCUT2D eigenvalue weighted by molar-refractivity contribution is -0.154. The van der Waals surface area contributed by atoms with Crippen molar-refractivity contribution in [3.05, 3.63) is 0 Å². The third-order valence-corrected chi connectivity index (χ3v) is 2.55. The highest BCUT2D eigenvalue weighted by molar-refractivity contribution is 5.78. The van der Waals surface area contributed by atoms with Crippen molar-refractivity contribution in [1.29, 1.82) is 0 Å². The highest BCUT2D eigenvalue weighted by atomic mass is 16.5. The molecule has 1 unspecified atom stereocenters. The fourth-order valence-electron chi connectivity index (χ4n) is 1.69. The fourth-order valence-corrected chi connectivity index (χ4v) is 1.69. The van der Waals surface area contributed by atoms with Crippen LogP contribution in [0, 0.1) is 5.92 Å². The van der Waals surface area contributed by atoms with Gasteiger partial charge >= 0.3 is 5.97 Å². The minimum absolute atomic E-state index is 0.211. The number of likely N-dealkylation sites (N-methyl/N-ethyl adjacent to an activating group) is 1. The summed E-state index contributed by atoms with van der Waals surface area (Å²) in [5, 5.41) is 9.26. The smallest absolute Gasteiger partial charge is 0.326 e. The maximum Gasteiger partial charge on any atom is 0.326 e. The van der Waals surface area contributed by atoms with Gasteiger partial charge in [0.25, 0.3) is 0 Å². The molecule has 0 aromatic rings. The summed E-state index contributed by atoms with van der Waals surface area (Å²) in [5.74, 6) is -0.382. The van der Waals surface area contributed by atoms with Gasteiger partial charge < -0.3 is 9.84 Å². The first-order chi connectivity index (χ1) is 6.88. The topological polar surface area (TPSA) is 49.8 Å². The average molecular weight is 217 g/mol. The lowest BCUT2D eigenvalue weighted by atomic mass is 9.99. The van der Waals surface area contributed by atoms with Crippen LogP contribution in [-0.4, -0.2) is 48.3 Å². The molecule has 0 aromatic carbocycles. The van der Waals surface area contributed by atoms with Gasteiger partial charge in [0.05, 0.1) is 6.61 Å². The molecule has 0 bridgehead atoms. The summed E-state index contributed by atoms with van der Waals surface area (Å²) in [7, 11) is 1.53. The molecule has 0 spiro atoms. The molecular weight excluding hydrogens is 194 g/mol. The first-order valence-corrected chi connectivity index (χ1v) is 5.35. The van der Waals surface area contributed by atoms with Crippen LogP contribution in [0.25, 0.3) is 0 Å². The number of aliphatic carboxylic acids is 1. The zero-order valence-electron chi connectivity index (χ0n) is 10.4. The third kappa shape index (κ3) is 3.80. The number of methoxy groups -OCH3 is 1. The molecule has 0 aromatic heterocycles. The van der Waals surface area contributed by atoms with Gasteiger partial charge in [0.15, 0.2) is 0 Å². The quantitative estimate of drug-likeness (QED) is 0.701. The summed E-state index contributed by atoms with van der Waals surface area (Å²) in [6.07, 6.45) is 0. The molecule has 1 N–H and O–H groups in total. The van der Waals surface area contributed by atoms with Crippen LogP contribution >= 0.6 is 0 Å². The summed E-state index contributed by atoms with van der Waals surface area (Å²) >= 11 is 0. The van der Waals surface area contributed by atoms with Gasteiger partial charge in [0.2, 0.25) is 0 Å². The fraction of sp³-hybridized carbons (Fsp3) is 0.909. The summed E-state index contributed by atoms with van der Waals surface area (Å²) < 4.78 is 5.01. The molecule has 0 saturated heterocycles. The number of carboxylic acids is 1. The first kappa shape index (κ1) is 14.4. The Kier molecular flexibility index (Phi) is 5.83. The van der Waals surface area contributed by atoms with Gasteiger partial charge in [-0.25, -0.2) is 0 Å². The standard InChI is InChI=1S/C11H23NO3/c1-6-12(7-9(2)3)11(4,8-15-5)10(13)14/h9H,6-8H2,1-5H3,(H,13,14). The molecule has 4 heteroatoms. The Labute approximate surface area is 92.2 Å². The van der Waals surface area contributed by atoms with Crippen molar-refractivity contribution in [3.8, 4) is 0 Å². The Balaban J connectivity index is 4.76. The number of hydrogen-bond donors (Lipinski definition) is 1. The van der Waals surface area contributed by atoms with Crippen molar-refractivity contribution < 1.29 is 14.6 Å². The van der Waals surface area contributed by atoms with Gasteiger partial charge in [-0.3, -0.25) is 9.69 Å². The Hall–Kier alpha value is -0.610. The molecule has 0 rings (SSSR count). The Morgan fingerprint density at radius 2 is 2.07 bits per heavy atom. The van der Waals surface area contributed by atoms with Crippen LogP contribution in [-0.2, 0) is 9.53 Å². The number of hydrogen-bond acceptors (Lipinski definition) is 3. The van der Waals surface area contributed by atoms with E-state index in [1.807, 2.05) is 11.8 Å². The second-order valence-corrected chi connectivity index (χ2v) is 4.44. The van der Waals surface area contributed by atoms with Gasteiger partial charge in [0, 0.05) is 13.7 Å². The lowest BCUT2D eigenvalue weighted by Crippen LogP contribution is -2.56. The molecule has 0 amide bonds.